The zero-order valence-electron chi connectivity index (χ0n) is 9.52. The first kappa shape index (κ1) is 12.9. The molecule has 0 aliphatic heterocycles. The number of rotatable bonds is 5. The third-order valence-electron chi connectivity index (χ3n) is 2.03. The van der Waals surface area contributed by atoms with Crippen LogP contribution in [-0.2, 0) is 16.6 Å². The summed E-state index contributed by atoms with van der Waals surface area (Å²) in [7, 11) is -3.67. The van der Waals surface area contributed by atoms with E-state index in [1.165, 1.54) is 0 Å². The summed E-state index contributed by atoms with van der Waals surface area (Å²) < 4.78 is 27.8. The predicted molar refractivity (Wildman–Crippen MR) is 66.3 cm³/mol. The van der Waals surface area contributed by atoms with E-state index in [0.717, 1.165) is 11.3 Å². The summed E-state index contributed by atoms with van der Waals surface area (Å²) in [6.45, 7) is 2.17. The van der Waals surface area contributed by atoms with Gasteiger partial charge in [0.1, 0.15) is 0 Å². The second-order valence-electron chi connectivity index (χ2n) is 3.66. The molecule has 0 saturated carbocycles. The molecular formula is C8H12N6O2S2. The first-order chi connectivity index (χ1) is 8.47. The standard InChI is InChI=1S/C8H12N6O2S2/c1-6(5-14-4-2-3-10-14)13-18(15,16)8-12-11-7(9)17-8/h2-4,6,13H,5H2,1H3,(H2,9,11). The van der Waals surface area contributed by atoms with E-state index >= 15 is 0 Å². The lowest BCUT2D eigenvalue weighted by Crippen LogP contribution is -2.35. The van der Waals surface area contributed by atoms with Gasteiger partial charge in [-0.25, -0.2) is 13.1 Å². The summed E-state index contributed by atoms with van der Waals surface area (Å²) in [6, 6.07) is 1.45. The van der Waals surface area contributed by atoms with Gasteiger partial charge in [-0.2, -0.15) is 5.10 Å². The number of anilines is 1. The van der Waals surface area contributed by atoms with Crippen molar-refractivity contribution in [1.29, 1.82) is 0 Å². The molecule has 0 aliphatic carbocycles. The molecule has 2 rings (SSSR count). The van der Waals surface area contributed by atoms with E-state index in [2.05, 4.69) is 20.0 Å². The van der Waals surface area contributed by atoms with Crippen LogP contribution in [0, 0.1) is 0 Å². The monoisotopic (exact) mass is 288 g/mol. The Morgan fingerprint density at radius 3 is 2.89 bits per heavy atom. The zero-order valence-corrected chi connectivity index (χ0v) is 11.1. The maximum atomic E-state index is 11.9. The van der Waals surface area contributed by atoms with Gasteiger partial charge in [-0.15, -0.1) is 10.2 Å². The van der Waals surface area contributed by atoms with E-state index in [0.29, 0.717) is 6.54 Å². The predicted octanol–water partition coefficient (Wildman–Crippen LogP) is -0.316. The van der Waals surface area contributed by atoms with Gasteiger partial charge >= 0.3 is 0 Å². The largest absolute Gasteiger partial charge is 0.374 e. The fraction of sp³-hybridized carbons (Fsp3) is 0.375. The topological polar surface area (TPSA) is 116 Å². The summed E-state index contributed by atoms with van der Waals surface area (Å²) in [5.74, 6) is 0. The molecule has 98 valence electrons. The van der Waals surface area contributed by atoms with Crippen LogP contribution in [0.3, 0.4) is 0 Å². The van der Waals surface area contributed by atoms with Gasteiger partial charge in [0.15, 0.2) is 0 Å². The van der Waals surface area contributed by atoms with E-state index in [1.807, 2.05) is 0 Å². The van der Waals surface area contributed by atoms with Gasteiger partial charge < -0.3 is 5.73 Å². The highest BCUT2D eigenvalue weighted by Gasteiger charge is 2.22. The van der Waals surface area contributed by atoms with Crippen LogP contribution in [0.15, 0.2) is 22.8 Å². The third-order valence-corrected chi connectivity index (χ3v) is 4.74. The molecular weight excluding hydrogens is 276 g/mol. The number of hydrogen-bond donors (Lipinski definition) is 2. The van der Waals surface area contributed by atoms with Gasteiger partial charge in [-0.05, 0) is 13.0 Å². The molecule has 0 aromatic carbocycles. The second-order valence-corrected chi connectivity index (χ2v) is 6.55. The minimum atomic E-state index is -3.67. The van der Waals surface area contributed by atoms with Crippen molar-refractivity contribution in [1.82, 2.24) is 24.7 Å². The Morgan fingerprint density at radius 2 is 2.33 bits per heavy atom. The van der Waals surface area contributed by atoms with E-state index in [-0.39, 0.29) is 15.5 Å². The second kappa shape index (κ2) is 5.00. The van der Waals surface area contributed by atoms with Crippen LogP contribution >= 0.6 is 11.3 Å². The van der Waals surface area contributed by atoms with Crippen LogP contribution in [-0.4, -0.2) is 34.4 Å². The Bertz CT molecular complexity index is 605. The van der Waals surface area contributed by atoms with Crippen molar-refractivity contribution in [2.45, 2.75) is 23.8 Å². The summed E-state index contributed by atoms with van der Waals surface area (Å²) in [5.41, 5.74) is 5.35. The summed E-state index contributed by atoms with van der Waals surface area (Å²) in [6.07, 6.45) is 3.39. The molecule has 2 aromatic rings. The Kier molecular flexibility index (Phi) is 3.59. The molecule has 1 unspecified atom stereocenters. The summed E-state index contributed by atoms with van der Waals surface area (Å²) in [4.78, 5) is 0. The van der Waals surface area contributed by atoms with Crippen LogP contribution in [0.1, 0.15) is 6.92 Å². The number of hydrogen-bond acceptors (Lipinski definition) is 7. The minimum absolute atomic E-state index is 0.120. The van der Waals surface area contributed by atoms with Crippen LogP contribution in [0.2, 0.25) is 0 Å². The molecule has 0 spiro atoms. The molecule has 8 nitrogen and oxygen atoms in total. The maximum Gasteiger partial charge on any atom is 0.270 e. The number of nitrogens with two attached hydrogens (primary N) is 1. The highest BCUT2D eigenvalue weighted by molar-refractivity contribution is 7.91. The van der Waals surface area contributed by atoms with Crippen molar-refractivity contribution in [3.63, 3.8) is 0 Å². The van der Waals surface area contributed by atoms with Gasteiger partial charge in [0.2, 0.25) is 9.47 Å². The van der Waals surface area contributed by atoms with Crippen molar-refractivity contribution in [3.8, 4) is 0 Å². The molecule has 0 aliphatic rings. The smallest absolute Gasteiger partial charge is 0.270 e. The van der Waals surface area contributed by atoms with Gasteiger partial charge in [0.05, 0.1) is 6.54 Å². The molecule has 0 bridgehead atoms. The lowest BCUT2D eigenvalue weighted by atomic mass is 10.4. The molecule has 2 aromatic heterocycles. The Labute approximate surface area is 108 Å². The van der Waals surface area contributed by atoms with Crippen LogP contribution in [0.4, 0.5) is 5.13 Å². The number of sulfonamides is 1. The number of nitrogens with zero attached hydrogens (tertiary/aromatic N) is 4. The zero-order chi connectivity index (χ0) is 13.2. The molecule has 1 atom stereocenters. The Hall–Kier alpha value is -1.52. The normalized spacial score (nSPS) is 13.6. The molecule has 2 heterocycles. The molecule has 3 N–H and O–H groups in total. The highest BCUT2D eigenvalue weighted by Crippen LogP contribution is 2.16. The molecule has 0 fully saturated rings. The van der Waals surface area contributed by atoms with Crippen molar-refractivity contribution >= 4 is 26.5 Å². The Morgan fingerprint density at radius 1 is 1.56 bits per heavy atom. The average Bonchev–Trinajstić information content (AvgIpc) is 2.88. The van der Waals surface area contributed by atoms with Gasteiger partial charge in [0, 0.05) is 18.4 Å². The number of nitrogens with one attached hydrogen (secondary N) is 1. The highest BCUT2D eigenvalue weighted by atomic mass is 32.2. The number of nitrogen functional groups attached to an aromatic ring is 1. The van der Waals surface area contributed by atoms with Crippen molar-refractivity contribution in [2.24, 2.45) is 0 Å². The fourth-order valence-corrected chi connectivity index (χ4v) is 3.41. The SMILES string of the molecule is CC(Cn1cccn1)NS(=O)(=O)c1nnc(N)s1. The molecule has 10 heteroatoms. The fourth-order valence-electron chi connectivity index (χ4n) is 1.37. The molecule has 0 saturated heterocycles. The molecule has 18 heavy (non-hydrogen) atoms. The average molecular weight is 288 g/mol. The van der Waals surface area contributed by atoms with E-state index < -0.39 is 10.0 Å². The lowest BCUT2D eigenvalue weighted by molar-refractivity contribution is 0.493. The van der Waals surface area contributed by atoms with Crippen molar-refractivity contribution < 1.29 is 8.42 Å². The first-order valence-corrected chi connectivity index (χ1v) is 7.36. The van der Waals surface area contributed by atoms with Crippen LogP contribution in [0.5, 0.6) is 0 Å². The van der Waals surface area contributed by atoms with E-state index in [1.54, 1.807) is 30.1 Å². The first-order valence-electron chi connectivity index (χ1n) is 5.06. The Balaban J connectivity index is 2.04. The quantitative estimate of drug-likeness (QED) is 0.779. The maximum absolute atomic E-state index is 11.9. The van der Waals surface area contributed by atoms with Crippen LogP contribution in [0.25, 0.3) is 0 Å². The third kappa shape index (κ3) is 3.03. The van der Waals surface area contributed by atoms with Crippen molar-refractivity contribution in [2.75, 3.05) is 5.73 Å². The summed E-state index contributed by atoms with van der Waals surface area (Å²) >= 11 is 0.827. The van der Waals surface area contributed by atoms with Gasteiger partial charge in [0.25, 0.3) is 10.0 Å². The minimum Gasteiger partial charge on any atom is -0.374 e. The molecule has 0 amide bonds. The lowest BCUT2D eigenvalue weighted by Gasteiger charge is -2.12. The van der Waals surface area contributed by atoms with E-state index in [9.17, 15) is 8.42 Å². The molecule has 0 radical (unpaired) electrons. The summed E-state index contributed by atoms with van der Waals surface area (Å²) in [5, 5.41) is 11.1. The van der Waals surface area contributed by atoms with Gasteiger partial charge in [-0.3, -0.25) is 4.68 Å². The number of aromatic nitrogens is 4. The van der Waals surface area contributed by atoms with Gasteiger partial charge in [-0.1, -0.05) is 11.3 Å². The van der Waals surface area contributed by atoms with Crippen molar-refractivity contribution in [3.05, 3.63) is 18.5 Å². The van der Waals surface area contributed by atoms with E-state index in [4.69, 9.17) is 5.73 Å². The van der Waals surface area contributed by atoms with Crippen LogP contribution < -0.4 is 10.5 Å².